The number of unbranched alkanes of at least 4 members (excludes halogenated alkanes) is 1. The van der Waals surface area contributed by atoms with Gasteiger partial charge in [0.15, 0.2) is 0 Å². The summed E-state index contributed by atoms with van der Waals surface area (Å²) in [6, 6.07) is 0. The monoisotopic (exact) mass is 284 g/mol. The molecule has 0 heterocycles. The quantitative estimate of drug-likeness (QED) is 0.357. The van der Waals surface area contributed by atoms with Crippen molar-refractivity contribution in [1.82, 2.24) is 0 Å². The van der Waals surface area contributed by atoms with Crippen LogP contribution >= 0.6 is 0 Å². The summed E-state index contributed by atoms with van der Waals surface area (Å²) in [4.78, 5) is 22.7. The van der Waals surface area contributed by atoms with Crippen molar-refractivity contribution in [3.8, 4) is 0 Å². The zero-order valence-corrected chi connectivity index (χ0v) is 13.2. The maximum atomic E-state index is 11.3. The maximum absolute atomic E-state index is 11.3. The first-order chi connectivity index (χ1) is 9.40. The summed E-state index contributed by atoms with van der Waals surface area (Å²) in [6.45, 7) is 8.04. The predicted octanol–water partition coefficient (Wildman–Crippen LogP) is 4.25. The highest BCUT2D eigenvalue weighted by atomic mass is 16.4. The summed E-state index contributed by atoms with van der Waals surface area (Å²) in [5.41, 5.74) is -0.0970. The van der Waals surface area contributed by atoms with Crippen molar-refractivity contribution >= 4 is 11.9 Å². The molecule has 4 heteroatoms. The Labute approximate surface area is 121 Å². The number of allylic oxidation sites excluding steroid dienone is 1. The van der Waals surface area contributed by atoms with Gasteiger partial charge in [-0.05, 0) is 36.7 Å². The Hall–Kier alpha value is -1.32. The van der Waals surface area contributed by atoms with Crippen molar-refractivity contribution in [3.63, 3.8) is 0 Å². The normalized spacial score (nSPS) is 13.6. The van der Waals surface area contributed by atoms with Crippen molar-refractivity contribution in [2.75, 3.05) is 0 Å². The minimum Gasteiger partial charge on any atom is -0.477 e. The number of aliphatic carboxylic acids is 2. The first kappa shape index (κ1) is 18.7. The van der Waals surface area contributed by atoms with Gasteiger partial charge in [-0.15, -0.1) is 0 Å². The van der Waals surface area contributed by atoms with Crippen LogP contribution in [0.4, 0.5) is 0 Å². The number of carboxylic acid groups (broad SMARTS) is 2. The Bertz CT molecular complexity index is 355. The lowest BCUT2D eigenvalue weighted by Gasteiger charge is -2.36. The third-order valence-corrected chi connectivity index (χ3v) is 4.14. The molecule has 0 spiro atoms. The van der Waals surface area contributed by atoms with E-state index in [-0.39, 0.29) is 5.41 Å². The van der Waals surface area contributed by atoms with Gasteiger partial charge < -0.3 is 10.2 Å². The molecule has 0 radical (unpaired) electrons. The van der Waals surface area contributed by atoms with E-state index in [2.05, 4.69) is 13.8 Å². The molecule has 0 amide bonds. The first-order valence-electron chi connectivity index (χ1n) is 7.60. The number of carbonyl (C=O) groups is 2. The molecular formula is C16H28O4. The third-order valence-electron chi connectivity index (χ3n) is 4.14. The van der Waals surface area contributed by atoms with Gasteiger partial charge >= 0.3 is 11.9 Å². The summed E-state index contributed by atoms with van der Waals surface area (Å²) < 4.78 is 0. The lowest BCUT2D eigenvalue weighted by molar-refractivity contribution is -0.140. The van der Waals surface area contributed by atoms with Crippen LogP contribution in [0.5, 0.6) is 0 Å². The van der Waals surface area contributed by atoms with E-state index in [1.165, 1.54) is 0 Å². The Kier molecular flexibility index (Phi) is 8.19. The Morgan fingerprint density at radius 1 is 0.900 bits per heavy atom. The molecule has 0 aromatic carbocycles. The summed E-state index contributed by atoms with van der Waals surface area (Å²) in [7, 11) is 0. The number of hydrogen-bond acceptors (Lipinski definition) is 2. The highest BCUT2D eigenvalue weighted by molar-refractivity contribution is 6.13. The molecule has 0 aromatic heterocycles. The minimum absolute atomic E-state index is 0.286. The van der Waals surface area contributed by atoms with Gasteiger partial charge in [0.1, 0.15) is 5.57 Å². The van der Waals surface area contributed by atoms with Crippen molar-refractivity contribution in [1.29, 1.82) is 0 Å². The standard InChI is InChI=1S/C16H28O4/c1-5-9-11-16(8-4,10-6-2)12(7-3)13(14(17)18)15(19)20/h5-11H2,1-4H3,(H,17,18)(H,19,20). The second-order valence-electron chi connectivity index (χ2n) is 5.30. The van der Waals surface area contributed by atoms with Crippen LogP contribution in [0.3, 0.4) is 0 Å². The molecule has 0 saturated carbocycles. The van der Waals surface area contributed by atoms with Gasteiger partial charge in [-0.2, -0.15) is 0 Å². The summed E-state index contributed by atoms with van der Waals surface area (Å²) in [5, 5.41) is 18.5. The maximum Gasteiger partial charge on any atom is 0.343 e. The van der Waals surface area contributed by atoms with E-state index >= 15 is 0 Å². The fraction of sp³-hybridized carbons (Fsp3) is 0.750. The summed E-state index contributed by atoms with van der Waals surface area (Å²) >= 11 is 0. The Morgan fingerprint density at radius 3 is 1.75 bits per heavy atom. The van der Waals surface area contributed by atoms with Crippen LogP contribution < -0.4 is 0 Å². The largest absolute Gasteiger partial charge is 0.477 e. The molecule has 1 unspecified atom stereocenters. The van der Waals surface area contributed by atoms with Crippen LogP contribution in [0.2, 0.25) is 0 Å². The van der Waals surface area contributed by atoms with Crippen LogP contribution in [0.25, 0.3) is 0 Å². The Morgan fingerprint density at radius 2 is 1.45 bits per heavy atom. The fourth-order valence-corrected chi connectivity index (χ4v) is 3.15. The van der Waals surface area contributed by atoms with Gasteiger partial charge in [0, 0.05) is 0 Å². The molecule has 0 fully saturated rings. The topological polar surface area (TPSA) is 74.6 Å². The van der Waals surface area contributed by atoms with E-state index in [4.69, 9.17) is 0 Å². The molecule has 0 aromatic rings. The molecule has 0 bridgehead atoms. The molecule has 0 aliphatic rings. The smallest absolute Gasteiger partial charge is 0.343 e. The van der Waals surface area contributed by atoms with Gasteiger partial charge in [0.25, 0.3) is 0 Å². The predicted molar refractivity (Wildman–Crippen MR) is 79.7 cm³/mol. The van der Waals surface area contributed by atoms with Gasteiger partial charge in [-0.25, -0.2) is 9.59 Å². The van der Waals surface area contributed by atoms with E-state index < -0.39 is 17.5 Å². The van der Waals surface area contributed by atoms with Crippen molar-refractivity contribution < 1.29 is 19.8 Å². The number of carboxylic acids is 2. The molecule has 1 atom stereocenters. The van der Waals surface area contributed by atoms with E-state index in [1.807, 2.05) is 13.8 Å². The molecule has 0 saturated heterocycles. The van der Waals surface area contributed by atoms with Gasteiger partial charge in [-0.1, -0.05) is 47.0 Å². The SMILES string of the molecule is CCCCC(CC)(CCC)C(CC)=C(C(=O)O)C(=O)O. The van der Waals surface area contributed by atoms with E-state index in [9.17, 15) is 19.8 Å². The van der Waals surface area contributed by atoms with Gasteiger partial charge in [0.05, 0.1) is 0 Å². The zero-order chi connectivity index (χ0) is 15.8. The van der Waals surface area contributed by atoms with Crippen LogP contribution in [-0.4, -0.2) is 22.2 Å². The highest BCUT2D eigenvalue weighted by Crippen LogP contribution is 2.44. The average molecular weight is 284 g/mol. The summed E-state index contributed by atoms with van der Waals surface area (Å²) in [5.74, 6) is -2.64. The second-order valence-corrected chi connectivity index (χ2v) is 5.30. The van der Waals surface area contributed by atoms with Crippen LogP contribution in [0.1, 0.15) is 72.6 Å². The molecule has 0 aliphatic carbocycles. The van der Waals surface area contributed by atoms with Crippen LogP contribution in [0, 0.1) is 5.41 Å². The molecular weight excluding hydrogens is 256 g/mol. The zero-order valence-electron chi connectivity index (χ0n) is 13.2. The first-order valence-corrected chi connectivity index (χ1v) is 7.60. The molecule has 20 heavy (non-hydrogen) atoms. The molecule has 4 nitrogen and oxygen atoms in total. The molecule has 116 valence electrons. The van der Waals surface area contributed by atoms with Gasteiger partial charge in [-0.3, -0.25) is 0 Å². The molecule has 0 aliphatic heterocycles. The average Bonchev–Trinajstić information content (AvgIpc) is 2.40. The number of rotatable bonds is 10. The number of hydrogen-bond donors (Lipinski definition) is 2. The van der Waals surface area contributed by atoms with Crippen molar-refractivity contribution in [2.24, 2.45) is 5.41 Å². The fourth-order valence-electron chi connectivity index (χ4n) is 3.15. The van der Waals surface area contributed by atoms with Crippen molar-refractivity contribution in [3.05, 3.63) is 11.1 Å². The second kappa shape index (κ2) is 8.77. The lowest BCUT2D eigenvalue weighted by Crippen LogP contribution is -2.28. The molecule has 0 rings (SSSR count). The molecule has 2 N–H and O–H groups in total. The highest BCUT2D eigenvalue weighted by Gasteiger charge is 2.36. The van der Waals surface area contributed by atoms with E-state index in [1.54, 1.807) is 0 Å². The lowest BCUT2D eigenvalue weighted by atomic mass is 9.68. The van der Waals surface area contributed by atoms with Crippen LogP contribution in [0.15, 0.2) is 11.1 Å². The summed E-state index contributed by atoms with van der Waals surface area (Å²) in [6.07, 6.45) is 5.91. The van der Waals surface area contributed by atoms with Crippen LogP contribution in [-0.2, 0) is 9.59 Å². The van der Waals surface area contributed by atoms with Crippen molar-refractivity contribution in [2.45, 2.75) is 72.6 Å². The van der Waals surface area contributed by atoms with E-state index in [0.29, 0.717) is 12.0 Å². The third kappa shape index (κ3) is 4.36. The minimum atomic E-state index is -1.32. The van der Waals surface area contributed by atoms with Gasteiger partial charge in [0.2, 0.25) is 0 Å². The Balaban J connectivity index is 5.96. The van der Waals surface area contributed by atoms with E-state index in [0.717, 1.165) is 38.5 Å².